The molecule has 1 saturated carbocycles. The lowest BCUT2D eigenvalue weighted by Gasteiger charge is -2.13. The maximum absolute atomic E-state index is 12.1. The summed E-state index contributed by atoms with van der Waals surface area (Å²) < 4.78 is 0. The van der Waals surface area contributed by atoms with Crippen LogP contribution in [0.3, 0.4) is 0 Å². The summed E-state index contributed by atoms with van der Waals surface area (Å²) >= 11 is 0. The van der Waals surface area contributed by atoms with Gasteiger partial charge in [0.1, 0.15) is 0 Å². The Bertz CT molecular complexity index is 612. The monoisotopic (exact) mass is 327 g/mol. The molecule has 5 heteroatoms. The summed E-state index contributed by atoms with van der Waals surface area (Å²) in [4.78, 5) is 28.2. The van der Waals surface area contributed by atoms with Crippen molar-refractivity contribution in [2.24, 2.45) is 11.8 Å². The largest absolute Gasteiger partial charge is 0.356 e. The lowest BCUT2D eigenvalue weighted by Crippen LogP contribution is -2.30. The molecular formula is C19H25N3O2. The van der Waals surface area contributed by atoms with Gasteiger partial charge in [-0.3, -0.25) is 14.6 Å². The van der Waals surface area contributed by atoms with Crippen molar-refractivity contribution < 1.29 is 9.59 Å². The smallest absolute Gasteiger partial charge is 0.224 e. The van der Waals surface area contributed by atoms with Crippen molar-refractivity contribution in [1.82, 2.24) is 15.6 Å². The van der Waals surface area contributed by atoms with Gasteiger partial charge in [-0.1, -0.05) is 11.6 Å². The minimum atomic E-state index is -0.166. The molecule has 1 aromatic heterocycles. The van der Waals surface area contributed by atoms with Gasteiger partial charge in [-0.25, -0.2) is 0 Å². The Labute approximate surface area is 142 Å². The number of aromatic nitrogens is 1. The molecule has 0 aromatic carbocycles. The van der Waals surface area contributed by atoms with Gasteiger partial charge >= 0.3 is 0 Å². The van der Waals surface area contributed by atoms with Crippen LogP contribution < -0.4 is 10.6 Å². The van der Waals surface area contributed by atoms with E-state index in [0.29, 0.717) is 19.5 Å². The fraction of sp³-hybridized carbons (Fsp3) is 0.526. The van der Waals surface area contributed by atoms with E-state index in [-0.39, 0.29) is 23.7 Å². The molecule has 2 atom stereocenters. The van der Waals surface area contributed by atoms with Crippen LogP contribution in [-0.2, 0) is 16.1 Å². The predicted molar refractivity (Wildman–Crippen MR) is 91.9 cm³/mol. The van der Waals surface area contributed by atoms with Gasteiger partial charge in [0.05, 0.1) is 11.8 Å². The van der Waals surface area contributed by atoms with E-state index in [2.05, 4.69) is 21.7 Å². The zero-order chi connectivity index (χ0) is 16.8. The molecule has 1 fully saturated rings. The predicted octanol–water partition coefficient (Wildman–Crippen LogP) is 2.34. The summed E-state index contributed by atoms with van der Waals surface area (Å²) in [5.74, 6) is -0.319. The number of amides is 2. The van der Waals surface area contributed by atoms with Gasteiger partial charge in [-0.15, -0.1) is 0 Å². The van der Waals surface area contributed by atoms with Crippen LogP contribution in [-0.4, -0.2) is 23.3 Å². The van der Waals surface area contributed by atoms with Crippen LogP contribution in [0.25, 0.3) is 0 Å². The third-order valence-electron chi connectivity index (χ3n) is 4.81. The first-order valence-electron chi connectivity index (χ1n) is 8.86. The summed E-state index contributed by atoms with van der Waals surface area (Å²) in [5, 5.41) is 5.88. The molecule has 2 unspecified atom stereocenters. The second kappa shape index (κ2) is 8.08. The molecular weight excluding hydrogens is 302 g/mol. The second-order valence-corrected chi connectivity index (χ2v) is 6.67. The summed E-state index contributed by atoms with van der Waals surface area (Å²) in [6, 6.07) is 3.74. The molecule has 0 spiro atoms. The SMILES string of the molecule is O=C(NCCC1=CCCCC1)C1CC1C(=O)NCc1ccncc1. The second-order valence-electron chi connectivity index (χ2n) is 6.67. The number of carbonyl (C=O) groups excluding carboxylic acids is 2. The maximum atomic E-state index is 12.1. The summed E-state index contributed by atoms with van der Waals surface area (Å²) in [6.07, 6.45) is 12.2. The number of nitrogens with one attached hydrogen (secondary N) is 2. The van der Waals surface area contributed by atoms with Crippen molar-refractivity contribution in [2.75, 3.05) is 6.54 Å². The third kappa shape index (κ3) is 4.66. The lowest BCUT2D eigenvalue weighted by atomic mass is 9.97. The Kier molecular flexibility index (Phi) is 5.62. The van der Waals surface area contributed by atoms with Gasteiger partial charge in [0, 0.05) is 25.5 Å². The molecule has 2 amide bonds. The van der Waals surface area contributed by atoms with Gasteiger partial charge < -0.3 is 10.6 Å². The number of rotatable bonds is 7. The van der Waals surface area contributed by atoms with Gasteiger partial charge in [0.25, 0.3) is 0 Å². The fourth-order valence-corrected chi connectivity index (χ4v) is 3.20. The van der Waals surface area contributed by atoms with Crippen LogP contribution in [0.15, 0.2) is 36.2 Å². The molecule has 0 saturated heterocycles. The number of allylic oxidation sites excluding steroid dienone is 1. The van der Waals surface area contributed by atoms with E-state index in [0.717, 1.165) is 12.0 Å². The standard InChI is InChI=1S/C19H25N3O2/c23-18(21-11-8-14-4-2-1-3-5-14)16-12-17(16)19(24)22-13-15-6-9-20-10-7-15/h4,6-7,9-10,16-17H,1-3,5,8,11-13H2,(H,21,23)(H,22,24). The Morgan fingerprint density at radius 2 is 1.83 bits per heavy atom. The highest BCUT2D eigenvalue weighted by Crippen LogP contribution is 2.38. The molecule has 0 bridgehead atoms. The van der Waals surface area contributed by atoms with Crippen LogP contribution in [0.2, 0.25) is 0 Å². The molecule has 2 N–H and O–H groups in total. The van der Waals surface area contributed by atoms with Crippen molar-refractivity contribution in [3.8, 4) is 0 Å². The first-order chi connectivity index (χ1) is 11.7. The molecule has 24 heavy (non-hydrogen) atoms. The first kappa shape index (κ1) is 16.7. The lowest BCUT2D eigenvalue weighted by molar-refractivity contribution is -0.127. The molecule has 0 aliphatic heterocycles. The first-order valence-corrected chi connectivity index (χ1v) is 8.86. The molecule has 3 rings (SSSR count). The normalized spacial score (nSPS) is 22.4. The van der Waals surface area contributed by atoms with Crippen LogP contribution >= 0.6 is 0 Å². The Morgan fingerprint density at radius 3 is 2.54 bits per heavy atom. The molecule has 1 aromatic rings. The highest BCUT2D eigenvalue weighted by Gasteiger charge is 2.47. The molecule has 5 nitrogen and oxygen atoms in total. The topological polar surface area (TPSA) is 71.1 Å². The minimum absolute atomic E-state index is 0.0236. The zero-order valence-corrected chi connectivity index (χ0v) is 14.0. The van der Waals surface area contributed by atoms with Crippen molar-refractivity contribution in [3.63, 3.8) is 0 Å². The molecule has 0 radical (unpaired) electrons. The average molecular weight is 327 g/mol. The van der Waals surface area contributed by atoms with Crippen LogP contribution in [0.4, 0.5) is 0 Å². The average Bonchev–Trinajstić information content (AvgIpc) is 3.42. The highest BCUT2D eigenvalue weighted by molar-refractivity contribution is 5.92. The van der Waals surface area contributed by atoms with E-state index in [1.54, 1.807) is 12.4 Å². The highest BCUT2D eigenvalue weighted by atomic mass is 16.2. The van der Waals surface area contributed by atoms with E-state index in [9.17, 15) is 9.59 Å². The summed E-state index contributed by atoms with van der Waals surface area (Å²) in [5.41, 5.74) is 2.48. The number of hydrogen-bond acceptors (Lipinski definition) is 3. The van der Waals surface area contributed by atoms with Gasteiger partial charge in [-0.2, -0.15) is 0 Å². The Hall–Kier alpha value is -2.17. The quantitative estimate of drug-likeness (QED) is 0.755. The summed E-state index contributed by atoms with van der Waals surface area (Å²) in [6.45, 7) is 1.17. The van der Waals surface area contributed by atoms with Gasteiger partial charge in [-0.05, 0) is 56.2 Å². The van der Waals surface area contributed by atoms with Crippen LogP contribution in [0, 0.1) is 11.8 Å². The number of carbonyl (C=O) groups is 2. The van der Waals surface area contributed by atoms with Crippen LogP contribution in [0.5, 0.6) is 0 Å². The van der Waals surface area contributed by atoms with Crippen LogP contribution in [0.1, 0.15) is 44.1 Å². The summed E-state index contributed by atoms with van der Waals surface area (Å²) in [7, 11) is 0. The van der Waals surface area contributed by atoms with E-state index in [4.69, 9.17) is 0 Å². The zero-order valence-electron chi connectivity index (χ0n) is 14.0. The number of nitrogens with zero attached hydrogens (tertiary/aromatic N) is 1. The van der Waals surface area contributed by atoms with E-state index >= 15 is 0 Å². The molecule has 1 heterocycles. The van der Waals surface area contributed by atoms with E-state index in [1.807, 2.05) is 12.1 Å². The Morgan fingerprint density at radius 1 is 1.08 bits per heavy atom. The van der Waals surface area contributed by atoms with E-state index in [1.165, 1.54) is 31.3 Å². The molecule has 128 valence electrons. The van der Waals surface area contributed by atoms with Gasteiger partial charge in [0.2, 0.25) is 11.8 Å². The fourth-order valence-electron chi connectivity index (χ4n) is 3.20. The van der Waals surface area contributed by atoms with Gasteiger partial charge in [0.15, 0.2) is 0 Å². The molecule has 2 aliphatic rings. The number of pyridine rings is 1. The minimum Gasteiger partial charge on any atom is -0.356 e. The van der Waals surface area contributed by atoms with Crippen molar-refractivity contribution in [1.29, 1.82) is 0 Å². The Balaban J connectivity index is 1.34. The maximum Gasteiger partial charge on any atom is 0.224 e. The molecule has 2 aliphatic carbocycles. The number of hydrogen-bond donors (Lipinski definition) is 2. The van der Waals surface area contributed by atoms with Crippen molar-refractivity contribution in [2.45, 2.75) is 45.1 Å². The van der Waals surface area contributed by atoms with E-state index < -0.39 is 0 Å². The third-order valence-corrected chi connectivity index (χ3v) is 4.81. The van der Waals surface area contributed by atoms with Crippen molar-refractivity contribution in [3.05, 3.63) is 41.7 Å². The van der Waals surface area contributed by atoms with Crippen molar-refractivity contribution >= 4 is 11.8 Å².